The summed E-state index contributed by atoms with van der Waals surface area (Å²) in [6.45, 7) is 3.02. The van der Waals surface area contributed by atoms with Crippen LogP contribution in [0.4, 0.5) is 11.4 Å². The molecule has 2 rings (SSSR count). The van der Waals surface area contributed by atoms with Crippen molar-refractivity contribution in [3.63, 3.8) is 0 Å². The van der Waals surface area contributed by atoms with Crippen molar-refractivity contribution in [2.24, 2.45) is 0 Å². The van der Waals surface area contributed by atoms with Gasteiger partial charge in [-0.05, 0) is 43.3 Å². The molecule has 2 N–H and O–H groups in total. The van der Waals surface area contributed by atoms with E-state index in [4.69, 9.17) is 9.47 Å². The number of carbonyl (C=O) groups excluding carboxylic acids is 3. The second-order valence-electron chi connectivity index (χ2n) is 6.41. The van der Waals surface area contributed by atoms with E-state index in [-0.39, 0.29) is 10.8 Å². The Hall–Kier alpha value is -3.40. The van der Waals surface area contributed by atoms with Gasteiger partial charge < -0.3 is 20.1 Å². The van der Waals surface area contributed by atoms with Crippen molar-refractivity contribution in [2.45, 2.75) is 25.2 Å². The van der Waals surface area contributed by atoms with Crippen molar-refractivity contribution in [1.82, 2.24) is 0 Å². The van der Waals surface area contributed by atoms with Crippen LogP contribution in [0.15, 0.2) is 53.4 Å². The Morgan fingerprint density at radius 3 is 2.29 bits per heavy atom. The fourth-order valence-corrected chi connectivity index (χ4v) is 3.76. The SMILES string of the molecule is CCOc1ccccc1NC(=O)COC(=O)CCS(=O)(=O)c1ccc(NC(C)=O)cc1. The number of esters is 1. The molecule has 0 aromatic heterocycles. The van der Waals surface area contributed by atoms with Crippen LogP contribution in [0.25, 0.3) is 0 Å². The predicted molar refractivity (Wildman–Crippen MR) is 115 cm³/mol. The predicted octanol–water partition coefficient (Wildman–Crippen LogP) is 2.39. The number of sulfone groups is 1. The molecule has 0 aliphatic heterocycles. The Balaban J connectivity index is 1.83. The molecule has 0 heterocycles. The van der Waals surface area contributed by atoms with Crippen LogP contribution < -0.4 is 15.4 Å². The van der Waals surface area contributed by atoms with Crippen LogP contribution in [0.2, 0.25) is 0 Å². The summed E-state index contributed by atoms with van der Waals surface area (Å²) in [5, 5.41) is 5.11. The minimum atomic E-state index is -3.73. The number of anilines is 2. The standard InChI is InChI=1S/C21H24N2O7S/c1-3-29-19-7-5-4-6-18(19)23-20(25)14-30-21(26)12-13-31(27,28)17-10-8-16(9-11-17)22-15(2)24/h4-11H,3,12-14H2,1-2H3,(H,22,24)(H,23,25). The Labute approximate surface area is 180 Å². The van der Waals surface area contributed by atoms with Gasteiger partial charge in [-0.1, -0.05) is 12.1 Å². The molecule has 0 aliphatic rings. The number of benzene rings is 2. The van der Waals surface area contributed by atoms with Crippen molar-refractivity contribution in [1.29, 1.82) is 0 Å². The van der Waals surface area contributed by atoms with Gasteiger partial charge >= 0.3 is 5.97 Å². The fraction of sp³-hybridized carbons (Fsp3) is 0.286. The summed E-state index contributed by atoms with van der Waals surface area (Å²) in [6.07, 6.45) is -0.404. The number of hydrogen-bond acceptors (Lipinski definition) is 7. The van der Waals surface area contributed by atoms with Gasteiger partial charge in [0, 0.05) is 12.6 Å². The van der Waals surface area contributed by atoms with Gasteiger partial charge in [-0.25, -0.2) is 8.42 Å². The number of nitrogens with one attached hydrogen (secondary N) is 2. The molecule has 10 heteroatoms. The number of carbonyl (C=O) groups is 3. The van der Waals surface area contributed by atoms with Gasteiger partial charge in [-0.2, -0.15) is 0 Å². The Bertz CT molecular complexity index is 1030. The zero-order valence-corrected chi connectivity index (χ0v) is 18.0. The topological polar surface area (TPSA) is 128 Å². The fourth-order valence-electron chi connectivity index (χ4n) is 2.54. The molecular formula is C21H24N2O7S. The molecule has 0 unspecified atom stereocenters. The van der Waals surface area contributed by atoms with Crippen LogP contribution in [0, 0.1) is 0 Å². The lowest BCUT2D eigenvalue weighted by Gasteiger charge is -2.11. The van der Waals surface area contributed by atoms with Crippen molar-refractivity contribution < 1.29 is 32.3 Å². The van der Waals surface area contributed by atoms with Crippen molar-refractivity contribution >= 4 is 39.0 Å². The highest BCUT2D eigenvalue weighted by Crippen LogP contribution is 2.23. The van der Waals surface area contributed by atoms with Crippen molar-refractivity contribution in [3.05, 3.63) is 48.5 Å². The zero-order valence-electron chi connectivity index (χ0n) is 17.2. The zero-order chi connectivity index (χ0) is 22.9. The molecule has 31 heavy (non-hydrogen) atoms. The lowest BCUT2D eigenvalue weighted by Crippen LogP contribution is -2.22. The first-order valence-electron chi connectivity index (χ1n) is 9.49. The van der Waals surface area contributed by atoms with E-state index in [0.29, 0.717) is 23.7 Å². The first kappa shape index (κ1) is 23.9. The Kier molecular flexibility index (Phi) is 8.56. The Morgan fingerprint density at radius 2 is 1.65 bits per heavy atom. The largest absolute Gasteiger partial charge is 0.492 e. The van der Waals surface area contributed by atoms with Crippen LogP contribution in [0.5, 0.6) is 5.75 Å². The molecule has 0 atom stereocenters. The van der Waals surface area contributed by atoms with Gasteiger partial charge in [0.05, 0.1) is 29.4 Å². The summed E-state index contributed by atoms with van der Waals surface area (Å²) in [5.74, 6) is -1.65. The number of amides is 2. The third-order valence-electron chi connectivity index (χ3n) is 3.93. The molecule has 2 aromatic rings. The summed E-state index contributed by atoms with van der Waals surface area (Å²) in [5.41, 5.74) is 0.901. The number of para-hydroxylation sites is 2. The molecule has 0 aliphatic carbocycles. The Morgan fingerprint density at radius 1 is 0.968 bits per heavy atom. The number of hydrogen-bond donors (Lipinski definition) is 2. The second kappa shape index (κ2) is 11.1. The van der Waals surface area contributed by atoms with Gasteiger partial charge in [0.15, 0.2) is 16.4 Å². The first-order valence-corrected chi connectivity index (χ1v) is 11.1. The highest BCUT2D eigenvalue weighted by Gasteiger charge is 2.18. The minimum absolute atomic E-state index is 0.0136. The normalized spacial score (nSPS) is 10.8. The van der Waals surface area contributed by atoms with E-state index in [1.54, 1.807) is 24.3 Å². The van der Waals surface area contributed by atoms with Crippen LogP contribution in [0.1, 0.15) is 20.3 Å². The molecule has 2 aromatic carbocycles. The molecular weight excluding hydrogens is 424 g/mol. The van der Waals surface area contributed by atoms with Gasteiger partial charge in [0.25, 0.3) is 5.91 Å². The van der Waals surface area contributed by atoms with Gasteiger partial charge in [-0.3, -0.25) is 14.4 Å². The van der Waals surface area contributed by atoms with Crippen molar-refractivity contribution in [2.75, 3.05) is 29.6 Å². The molecule has 0 bridgehead atoms. The molecule has 9 nitrogen and oxygen atoms in total. The van der Waals surface area contributed by atoms with Gasteiger partial charge in [0.2, 0.25) is 5.91 Å². The quantitative estimate of drug-likeness (QED) is 0.534. The monoisotopic (exact) mass is 448 g/mol. The third kappa shape index (κ3) is 7.74. The summed E-state index contributed by atoms with van der Waals surface area (Å²) < 4.78 is 35.0. The summed E-state index contributed by atoms with van der Waals surface area (Å²) >= 11 is 0. The third-order valence-corrected chi connectivity index (χ3v) is 5.67. The van der Waals surface area contributed by atoms with E-state index in [0.717, 1.165) is 0 Å². The maximum absolute atomic E-state index is 12.4. The lowest BCUT2D eigenvalue weighted by atomic mass is 10.3. The van der Waals surface area contributed by atoms with E-state index < -0.39 is 40.5 Å². The van der Waals surface area contributed by atoms with Crippen LogP contribution in [0.3, 0.4) is 0 Å². The highest BCUT2D eigenvalue weighted by atomic mass is 32.2. The minimum Gasteiger partial charge on any atom is -0.492 e. The smallest absolute Gasteiger partial charge is 0.307 e. The van der Waals surface area contributed by atoms with Gasteiger partial charge in [-0.15, -0.1) is 0 Å². The molecule has 0 radical (unpaired) electrons. The van der Waals surface area contributed by atoms with Crippen LogP contribution in [-0.2, 0) is 29.0 Å². The molecule has 0 fully saturated rings. The molecule has 2 amide bonds. The molecule has 166 valence electrons. The summed E-state index contributed by atoms with van der Waals surface area (Å²) in [4.78, 5) is 34.9. The molecule has 0 saturated heterocycles. The highest BCUT2D eigenvalue weighted by molar-refractivity contribution is 7.91. The van der Waals surface area contributed by atoms with Crippen LogP contribution in [-0.4, -0.2) is 45.2 Å². The van der Waals surface area contributed by atoms with E-state index in [2.05, 4.69) is 10.6 Å². The first-order chi connectivity index (χ1) is 14.7. The van der Waals surface area contributed by atoms with Gasteiger partial charge in [0.1, 0.15) is 5.75 Å². The van der Waals surface area contributed by atoms with Crippen molar-refractivity contribution in [3.8, 4) is 5.75 Å². The number of rotatable bonds is 10. The lowest BCUT2D eigenvalue weighted by molar-refractivity contribution is -0.146. The molecule has 0 saturated carbocycles. The van der Waals surface area contributed by atoms with E-state index in [1.165, 1.54) is 31.2 Å². The summed E-state index contributed by atoms with van der Waals surface area (Å²) in [7, 11) is -3.73. The van der Waals surface area contributed by atoms with E-state index in [9.17, 15) is 22.8 Å². The van der Waals surface area contributed by atoms with E-state index in [1.807, 2.05) is 6.92 Å². The average molecular weight is 448 g/mol. The molecule has 0 spiro atoms. The number of ether oxygens (including phenoxy) is 2. The maximum Gasteiger partial charge on any atom is 0.307 e. The van der Waals surface area contributed by atoms with E-state index >= 15 is 0 Å². The maximum atomic E-state index is 12.4. The average Bonchev–Trinajstić information content (AvgIpc) is 2.72. The van der Waals surface area contributed by atoms with Crippen LogP contribution >= 0.6 is 0 Å². The summed E-state index contributed by atoms with van der Waals surface area (Å²) in [6, 6.07) is 12.4. The second-order valence-corrected chi connectivity index (χ2v) is 8.52.